The maximum Gasteiger partial charge on any atom is 0.419 e. The third-order valence-electron chi connectivity index (χ3n) is 2.86. The van der Waals surface area contributed by atoms with Crippen LogP contribution < -0.4 is 5.73 Å². The fourth-order valence-electron chi connectivity index (χ4n) is 1.86. The molecule has 0 aliphatic rings. The molecular weight excluding hydrogens is 290 g/mol. The molecule has 0 amide bonds. The lowest BCUT2D eigenvalue weighted by molar-refractivity contribution is -0.143. The van der Waals surface area contributed by atoms with E-state index in [1.54, 1.807) is 6.92 Å². The Bertz CT molecular complexity index is 488. The van der Waals surface area contributed by atoms with Gasteiger partial charge < -0.3 is 10.5 Å². The van der Waals surface area contributed by atoms with Gasteiger partial charge in [0, 0.05) is 12.5 Å². The second-order valence-corrected chi connectivity index (χ2v) is 4.62. The molecule has 0 saturated heterocycles. The summed E-state index contributed by atoms with van der Waals surface area (Å²) >= 11 is 0. The molecule has 21 heavy (non-hydrogen) atoms. The Labute approximate surface area is 120 Å². The van der Waals surface area contributed by atoms with Crippen LogP contribution >= 0.6 is 0 Å². The van der Waals surface area contributed by atoms with Crippen LogP contribution in [0.4, 0.5) is 17.6 Å². The summed E-state index contributed by atoms with van der Waals surface area (Å²) in [4.78, 5) is 11.2. The van der Waals surface area contributed by atoms with Gasteiger partial charge in [-0.1, -0.05) is 6.07 Å². The Balaban J connectivity index is 2.64. The highest BCUT2D eigenvalue weighted by Gasteiger charge is 2.34. The first-order chi connectivity index (χ1) is 9.74. The van der Waals surface area contributed by atoms with Crippen LogP contribution in [0.1, 0.15) is 30.9 Å². The normalized spacial score (nSPS) is 13.0. The van der Waals surface area contributed by atoms with Crippen molar-refractivity contribution in [3.63, 3.8) is 0 Å². The number of hydrogen-bond donors (Lipinski definition) is 1. The lowest BCUT2D eigenvalue weighted by Crippen LogP contribution is -2.24. The summed E-state index contributed by atoms with van der Waals surface area (Å²) in [5, 5.41) is 0. The largest absolute Gasteiger partial charge is 0.466 e. The van der Waals surface area contributed by atoms with Crippen LogP contribution in [0, 0.1) is 5.82 Å². The summed E-state index contributed by atoms with van der Waals surface area (Å²) in [6.45, 7) is 1.94. The molecule has 1 aromatic rings. The average Bonchev–Trinajstić information content (AvgIpc) is 2.38. The molecule has 0 spiro atoms. The summed E-state index contributed by atoms with van der Waals surface area (Å²) in [5.41, 5.74) is 4.73. The molecule has 0 aliphatic carbocycles. The number of rotatable bonds is 6. The minimum Gasteiger partial charge on any atom is -0.466 e. The van der Waals surface area contributed by atoms with E-state index in [0.29, 0.717) is 0 Å². The van der Waals surface area contributed by atoms with E-state index >= 15 is 0 Å². The lowest BCUT2D eigenvalue weighted by atomic mass is 10.0. The van der Waals surface area contributed by atoms with Gasteiger partial charge in [0.1, 0.15) is 5.82 Å². The van der Waals surface area contributed by atoms with Crippen molar-refractivity contribution < 1.29 is 27.1 Å². The minimum absolute atomic E-state index is 0.0995. The van der Waals surface area contributed by atoms with Crippen molar-refractivity contribution >= 4 is 5.97 Å². The zero-order chi connectivity index (χ0) is 16.0. The van der Waals surface area contributed by atoms with Crippen molar-refractivity contribution in [3.05, 3.63) is 35.1 Å². The number of nitrogens with two attached hydrogens (primary N) is 1. The van der Waals surface area contributed by atoms with Gasteiger partial charge in [-0.25, -0.2) is 4.39 Å². The summed E-state index contributed by atoms with van der Waals surface area (Å²) in [7, 11) is 0. The summed E-state index contributed by atoms with van der Waals surface area (Å²) in [6, 6.07) is 2.28. The maximum atomic E-state index is 13.1. The number of ether oxygens (including phenoxy) is 1. The number of carbonyl (C=O) groups excluding carboxylic acids is 1. The number of hydrogen-bond acceptors (Lipinski definition) is 3. The molecule has 1 rings (SSSR count). The molecule has 0 heterocycles. The van der Waals surface area contributed by atoms with E-state index in [0.717, 1.165) is 12.1 Å². The zero-order valence-corrected chi connectivity index (χ0v) is 11.5. The lowest BCUT2D eigenvalue weighted by Gasteiger charge is -2.14. The van der Waals surface area contributed by atoms with E-state index < -0.39 is 29.6 Å². The third kappa shape index (κ3) is 5.71. The van der Waals surface area contributed by atoms with Gasteiger partial charge in [0.2, 0.25) is 0 Å². The van der Waals surface area contributed by atoms with Crippen molar-refractivity contribution in [2.24, 2.45) is 5.73 Å². The van der Waals surface area contributed by atoms with Crippen LogP contribution in [0.2, 0.25) is 0 Å². The topological polar surface area (TPSA) is 52.3 Å². The van der Waals surface area contributed by atoms with Crippen molar-refractivity contribution in [2.45, 2.75) is 38.4 Å². The van der Waals surface area contributed by atoms with Crippen molar-refractivity contribution in [1.29, 1.82) is 0 Å². The number of halogens is 4. The van der Waals surface area contributed by atoms with Crippen molar-refractivity contribution in [2.75, 3.05) is 6.61 Å². The van der Waals surface area contributed by atoms with Gasteiger partial charge in [-0.15, -0.1) is 0 Å². The molecule has 0 aromatic heterocycles. The summed E-state index contributed by atoms with van der Waals surface area (Å²) in [6.07, 6.45) is -4.22. The molecule has 118 valence electrons. The van der Waals surface area contributed by atoms with Crippen LogP contribution in [0.5, 0.6) is 0 Å². The zero-order valence-electron chi connectivity index (χ0n) is 11.5. The number of benzene rings is 1. The first-order valence-electron chi connectivity index (χ1n) is 6.50. The fourth-order valence-corrected chi connectivity index (χ4v) is 1.86. The predicted octanol–water partition coefficient (Wildman–Crippen LogP) is 3.06. The van der Waals surface area contributed by atoms with Gasteiger partial charge in [0.05, 0.1) is 12.2 Å². The van der Waals surface area contributed by atoms with E-state index in [2.05, 4.69) is 0 Å². The predicted molar refractivity (Wildman–Crippen MR) is 68.9 cm³/mol. The van der Waals surface area contributed by atoms with Gasteiger partial charge in [0.15, 0.2) is 0 Å². The van der Waals surface area contributed by atoms with Crippen LogP contribution in [0.25, 0.3) is 0 Å². The van der Waals surface area contributed by atoms with E-state index in [-0.39, 0.29) is 31.4 Å². The Kier molecular flexibility index (Phi) is 6.14. The fraction of sp³-hybridized carbons (Fsp3) is 0.500. The molecule has 0 bridgehead atoms. The number of esters is 1. The smallest absolute Gasteiger partial charge is 0.419 e. The van der Waals surface area contributed by atoms with Crippen molar-refractivity contribution in [3.8, 4) is 0 Å². The average molecular weight is 307 g/mol. The van der Waals surface area contributed by atoms with E-state index in [1.165, 1.54) is 6.07 Å². The van der Waals surface area contributed by atoms with Crippen LogP contribution in [-0.4, -0.2) is 18.6 Å². The van der Waals surface area contributed by atoms with Crippen LogP contribution in [0.15, 0.2) is 18.2 Å². The Morgan fingerprint density at radius 3 is 2.62 bits per heavy atom. The molecule has 2 N–H and O–H groups in total. The van der Waals surface area contributed by atoms with E-state index in [4.69, 9.17) is 10.5 Å². The molecule has 3 nitrogen and oxygen atoms in total. The highest BCUT2D eigenvalue weighted by atomic mass is 19.4. The number of alkyl halides is 3. The van der Waals surface area contributed by atoms with Gasteiger partial charge in [-0.05, 0) is 37.5 Å². The third-order valence-corrected chi connectivity index (χ3v) is 2.86. The molecule has 0 radical (unpaired) electrons. The first-order valence-corrected chi connectivity index (χ1v) is 6.50. The molecule has 0 saturated carbocycles. The second-order valence-electron chi connectivity index (χ2n) is 4.62. The summed E-state index contributed by atoms with van der Waals surface area (Å²) < 4.78 is 55.6. The molecule has 1 unspecified atom stereocenters. The Hall–Kier alpha value is -1.63. The van der Waals surface area contributed by atoms with Gasteiger partial charge in [-0.2, -0.15) is 13.2 Å². The van der Waals surface area contributed by atoms with Crippen LogP contribution in [-0.2, 0) is 22.1 Å². The summed E-state index contributed by atoms with van der Waals surface area (Å²) in [5.74, 6) is -1.71. The second kappa shape index (κ2) is 7.40. The first kappa shape index (κ1) is 17.4. The highest BCUT2D eigenvalue weighted by molar-refractivity contribution is 5.69. The molecule has 1 atom stereocenters. The standard InChI is InChI=1S/C14H17F4NO2/c1-2-21-13(20)6-4-10(19)7-9-3-5-12(15)11(8-9)14(16,17)18/h3,5,8,10H,2,4,6-7,19H2,1H3. The monoisotopic (exact) mass is 307 g/mol. The molecule has 1 aromatic carbocycles. The molecule has 0 fully saturated rings. The van der Waals surface area contributed by atoms with Gasteiger partial charge in [-0.3, -0.25) is 4.79 Å². The van der Waals surface area contributed by atoms with Crippen molar-refractivity contribution in [1.82, 2.24) is 0 Å². The maximum absolute atomic E-state index is 13.1. The SMILES string of the molecule is CCOC(=O)CCC(N)Cc1ccc(F)c(C(F)(F)F)c1. The Morgan fingerprint density at radius 2 is 2.05 bits per heavy atom. The van der Waals surface area contributed by atoms with Crippen LogP contribution in [0.3, 0.4) is 0 Å². The highest BCUT2D eigenvalue weighted by Crippen LogP contribution is 2.32. The molecule has 7 heteroatoms. The quantitative estimate of drug-likeness (QED) is 0.649. The number of carbonyl (C=O) groups is 1. The Morgan fingerprint density at radius 1 is 1.38 bits per heavy atom. The van der Waals surface area contributed by atoms with Gasteiger partial charge in [0.25, 0.3) is 0 Å². The van der Waals surface area contributed by atoms with Gasteiger partial charge >= 0.3 is 12.1 Å². The van der Waals surface area contributed by atoms with E-state index in [9.17, 15) is 22.4 Å². The minimum atomic E-state index is -4.74. The van der Waals surface area contributed by atoms with E-state index in [1.807, 2.05) is 0 Å². The molecular formula is C14H17F4NO2. The molecule has 0 aliphatic heterocycles.